The summed E-state index contributed by atoms with van der Waals surface area (Å²) in [5.41, 5.74) is 1.50. The molecular weight excluding hydrogens is 488 g/mol. The van der Waals surface area contributed by atoms with Gasteiger partial charge in [0.05, 0.1) is 0 Å². The Morgan fingerprint density at radius 1 is 0.550 bits per heavy atom. The molecule has 0 unspecified atom stereocenters. The maximum Gasteiger partial charge on any atom is 0.0388 e. The first-order valence-corrected chi connectivity index (χ1v) is 18.5. The third-order valence-corrected chi connectivity index (χ3v) is 9.53. The Morgan fingerprint density at radius 3 is 1.55 bits per heavy atom. The monoisotopic (exact) mass is 561 g/mol. The first-order valence-electron chi connectivity index (χ1n) is 18.5. The molecule has 236 valence electrons. The summed E-state index contributed by atoms with van der Waals surface area (Å²) in [4.78, 5) is 10.3. The molecule has 0 saturated carbocycles. The average Bonchev–Trinajstić information content (AvgIpc) is 2.98. The summed E-state index contributed by atoms with van der Waals surface area (Å²) in [5, 5.41) is 3.84. The van der Waals surface area contributed by atoms with Gasteiger partial charge in [0.2, 0.25) is 0 Å². The van der Waals surface area contributed by atoms with E-state index in [9.17, 15) is 0 Å². The second-order valence-corrected chi connectivity index (χ2v) is 13.2. The van der Waals surface area contributed by atoms with Crippen LogP contribution >= 0.6 is 0 Å². The predicted octanol–water partition coefficient (Wildman–Crippen LogP) is 9.42. The van der Waals surface area contributed by atoms with Gasteiger partial charge >= 0.3 is 0 Å². The lowest BCUT2D eigenvalue weighted by Crippen LogP contribution is -2.43. The molecule has 2 heterocycles. The highest BCUT2D eigenvalue weighted by Gasteiger charge is 2.18. The molecule has 0 aliphatic carbocycles. The van der Waals surface area contributed by atoms with Gasteiger partial charge < -0.3 is 15.1 Å². The zero-order valence-corrected chi connectivity index (χ0v) is 27.5. The van der Waals surface area contributed by atoms with Gasteiger partial charge in [-0.15, -0.1) is 0 Å². The van der Waals surface area contributed by atoms with Crippen LogP contribution in [0.4, 0.5) is 0 Å². The number of rotatable bonds is 26. The smallest absolute Gasteiger partial charge is 0.0388 e. The van der Waals surface area contributed by atoms with E-state index in [0.717, 1.165) is 12.6 Å². The summed E-state index contributed by atoms with van der Waals surface area (Å²) in [7, 11) is 0. The molecule has 0 spiro atoms. The number of nitrogens with one attached hydrogen (secondary N) is 1. The fourth-order valence-electron chi connectivity index (χ4n) is 6.63. The van der Waals surface area contributed by atoms with Crippen LogP contribution in [0.5, 0.6) is 0 Å². The largest absolute Gasteiger partial charge is 0.314 e. The van der Waals surface area contributed by atoms with E-state index in [4.69, 9.17) is 4.99 Å². The van der Waals surface area contributed by atoms with E-state index in [2.05, 4.69) is 29.0 Å². The zero-order chi connectivity index (χ0) is 28.4. The van der Waals surface area contributed by atoms with Gasteiger partial charge in [0.25, 0.3) is 0 Å². The number of hydrogen-bond acceptors (Lipinski definition) is 4. The van der Waals surface area contributed by atoms with Crippen molar-refractivity contribution >= 4 is 5.71 Å². The molecule has 0 amide bonds. The standard InChI is InChI=1S/C36H72N4/c1-3-5-7-9-15-19-27-37-35-23-31-39(32-24-35)29-21-17-13-11-12-14-18-22-30-40-33-25-36(26-34-40)38-28-20-16-10-8-6-4-2/h35,37H,3-34H2,1-2H3. The summed E-state index contributed by atoms with van der Waals surface area (Å²) in [6, 6.07) is 0.785. The molecule has 2 aliphatic heterocycles. The predicted molar refractivity (Wildman–Crippen MR) is 179 cm³/mol. The summed E-state index contributed by atoms with van der Waals surface area (Å²) in [6.07, 6.45) is 33.3. The number of piperidine rings is 2. The van der Waals surface area contributed by atoms with Crippen LogP contribution in [0.15, 0.2) is 4.99 Å². The first-order chi connectivity index (χ1) is 19.8. The summed E-state index contributed by atoms with van der Waals surface area (Å²) >= 11 is 0. The quantitative estimate of drug-likeness (QED) is 0.107. The second-order valence-electron chi connectivity index (χ2n) is 13.2. The van der Waals surface area contributed by atoms with Gasteiger partial charge in [-0.1, -0.05) is 117 Å². The molecule has 2 aliphatic rings. The highest BCUT2D eigenvalue weighted by molar-refractivity contribution is 5.85. The lowest BCUT2D eigenvalue weighted by molar-refractivity contribution is 0.194. The van der Waals surface area contributed by atoms with Crippen molar-refractivity contribution < 1.29 is 0 Å². The van der Waals surface area contributed by atoms with E-state index in [1.807, 2.05) is 0 Å². The Hall–Kier alpha value is -0.450. The third kappa shape index (κ3) is 19.6. The Balaban J connectivity index is 1.29. The third-order valence-electron chi connectivity index (χ3n) is 9.53. The summed E-state index contributed by atoms with van der Waals surface area (Å²) in [5.74, 6) is 0. The minimum atomic E-state index is 0.785. The van der Waals surface area contributed by atoms with Crippen LogP contribution in [0, 0.1) is 0 Å². The number of likely N-dealkylation sites (tertiary alicyclic amines) is 2. The molecule has 2 rings (SSSR count). The number of unbranched alkanes of at least 4 members (excludes halogenated alkanes) is 17. The van der Waals surface area contributed by atoms with Crippen molar-refractivity contribution in [3.8, 4) is 0 Å². The van der Waals surface area contributed by atoms with Crippen molar-refractivity contribution in [3.05, 3.63) is 0 Å². The van der Waals surface area contributed by atoms with Gasteiger partial charge in [0.1, 0.15) is 0 Å². The van der Waals surface area contributed by atoms with Crippen molar-refractivity contribution in [2.75, 3.05) is 52.4 Å². The topological polar surface area (TPSA) is 30.9 Å². The first kappa shape index (κ1) is 35.7. The van der Waals surface area contributed by atoms with E-state index >= 15 is 0 Å². The van der Waals surface area contributed by atoms with Gasteiger partial charge in [0, 0.05) is 31.4 Å². The van der Waals surface area contributed by atoms with Gasteiger partial charge in [-0.05, 0) is 84.1 Å². The Bertz CT molecular complexity index is 559. The number of aliphatic imine (C=N–C) groups is 1. The molecule has 0 radical (unpaired) electrons. The van der Waals surface area contributed by atoms with Crippen LogP contribution in [0.2, 0.25) is 0 Å². The molecule has 0 bridgehead atoms. The second kappa shape index (κ2) is 26.2. The molecule has 4 nitrogen and oxygen atoms in total. The Kier molecular flexibility index (Phi) is 23.4. The van der Waals surface area contributed by atoms with E-state index in [1.54, 1.807) is 0 Å². The summed E-state index contributed by atoms with van der Waals surface area (Å²) in [6.45, 7) is 14.7. The van der Waals surface area contributed by atoms with Crippen LogP contribution in [-0.4, -0.2) is 73.9 Å². The fraction of sp³-hybridized carbons (Fsp3) is 0.972. The van der Waals surface area contributed by atoms with Crippen molar-refractivity contribution in [1.29, 1.82) is 0 Å². The Labute approximate surface area is 251 Å². The molecule has 0 aromatic rings. The van der Waals surface area contributed by atoms with Crippen LogP contribution in [-0.2, 0) is 0 Å². The van der Waals surface area contributed by atoms with Crippen molar-refractivity contribution in [2.45, 2.75) is 174 Å². The van der Waals surface area contributed by atoms with E-state index in [1.165, 1.54) is 206 Å². The van der Waals surface area contributed by atoms with Crippen molar-refractivity contribution in [3.63, 3.8) is 0 Å². The van der Waals surface area contributed by atoms with Crippen LogP contribution in [0.25, 0.3) is 0 Å². The zero-order valence-electron chi connectivity index (χ0n) is 27.5. The highest BCUT2D eigenvalue weighted by Crippen LogP contribution is 2.15. The van der Waals surface area contributed by atoms with Crippen LogP contribution in [0.1, 0.15) is 168 Å². The SMILES string of the molecule is CCCCCCCCN=C1CCN(CCCCCCCCCCN2CCC(NCCCCCCCC)CC2)CC1. The van der Waals surface area contributed by atoms with Crippen LogP contribution in [0.3, 0.4) is 0 Å². The molecule has 2 saturated heterocycles. The van der Waals surface area contributed by atoms with E-state index in [0.29, 0.717) is 0 Å². The van der Waals surface area contributed by atoms with Gasteiger partial charge in [-0.2, -0.15) is 0 Å². The highest BCUT2D eigenvalue weighted by atomic mass is 15.1. The minimum absolute atomic E-state index is 0.785. The van der Waals surface area contributed by atoms with Crippen molar-refractivity contribution in [2.24, 2.45) is 4.99 Å². The molecule has 40 heavy (non-hydrogen) atoms. The van der Waals surface area contributed by atoms with Crippen molar-refractivity contribution in [1.82, 2.24) is 15.1 Å². The maximum absolute atomic E-state index is 4.92. The normalized spacial score (nSPS) is 17.6. The van der Waals surface area contributed by atoms with Gasteiger partial charge in [-0.3, -0.25) is 4.99 Å². The lowest BCUT2D eigenvalue weighted by atomic mass is 10.0. The number of nitrogens with zero attached hydrogens (tertiary/aromatic N) is 3. The molecule has 0 atom stereocenters. The van der Waals surface area contributed by atoms with Gasteiger partial charge in [0.15, 0.2) is 0 Å². The van der Waals surface area contributed by atoms with Crippen LogP contribution < -0.4 is 5.32 Å². The summed E-state index contributed by atoms with van der Waals surface area (Å²) < 4.78 is 0. The van der Waals surface area contributed by atoms with E-state index < -0.39 is 0 Å². The minimum Gasteiger partial charge on any atom is -0.314 e. The maximum atomic E-state index is 4.92. The lowest BCUT2D eigenvalue weighted by Gasteiger charge is -2.32. The molecule has 0 aromatic carbocycles. The molecule has 4 heteroatoms. The fourth-order valence-corrected chi connectivity index (χ4v) is 6.63. The number of hydrogen-bond donors (Lipinski definition) is 1. The molecule has 2 fully saturated rings. The van der Waals surface area contributed by atoms with E-state index in [-0.39, 0.29) is 0 Å². The average molecular weight is 561 g/mol. The van der Waals surface area contributed by atoms with Gasteiger partial charge in [-0.25, -0.2) is 0 Å². The molecular formula is C36H72N4. The molecule has 0 aromatic heterocycles. The Morgan fingerprint density at radius 2 is 1.00 bits per heavy atom. The molecule has 1 N–H and O–H groups in total.